The summed E-state index contributed by atoms with van der Waals surface area (Å²) in [5, 5.41) is 12.3. The molecule has 6 heteroatoms. The number of rotatable bonds is 3. The van der Waals surface area contributed by atoms with E-state index in [0.29, 0.717) is 5.56 Å². The molecule has 0 saturated carbocycles. The number of hydrogen-bond donors (Lipinski definition) is 1. The molecule has 0 aromatic heterocycles. The van der Waals surface area contributed by atoms with E-state index in [1.54, 1.807) is 24.3 Å². The molecule has 0 spiro atoms. The molecule has 0 bridgehead atoms. The van der Waals surface area contributed by atoms with Crippen molar-refractivity contribution in [2.45, 2.75) is 0 Å². The van der Waals surface area contributed by atoms with Gasteiger partial charge in [0.1, 0.15) is 0 Å². The number of carbonyl (C=O) groups excluding carboxylic acids is 2. The first-order valence-electron chi connectivity index (χ1n) is 3.84. The van der Waals surface area contributed by atoms with Crippen molar-refractivity contribution in [2.75, 3.05) is 6.54 Å². The van der Waals surface area contributed by atoms with E-state index in [2.05, 4.69) is 5.32 Å². The Morgan fingerprint density at radius 2 is 1.93 bits per heavy atom. The standard InChI is InChI=1S/C9H8INO3.Na/c10-7-4-2-1-3-6(7)9(14)11-5-8(12)13;/h1-4H,5H2,(H,11,14)(H,12,13);/q;+1/p-1/i10-2;. The number of nitrogens with one attached hydrogen (secondary N) is 1. The first-order valence-corrected chi connectivity index (χ1v) is 4.91. The summed E-state index contributed by atoms with van der Waals surface area (Å²) in [7, 11) is 0. The van der Waals surface area contributed by atoms with E-state index in [1.165, 1.54) is 0 Å². The first-order chi connectivity index (χ1) is 6.61. The van der Waals surface area contributed by atoms with Crippen LogP contribution in [-0.4, -0.2) is 18.4 Å². The van der Waals surface area contributed by atoms with E-state index in [-0.39, 0.29) is 29.6 Å². The summed E-state index contributed by atoms with van der Waals surface area (Å²) < 4.78 is 0.779. The van der Waals surface area contributed by atoms with Gasteiger partial charge < -0.3 is 15.2 Å². The number of carbonyl (C=O) groups is 2. The van der Waals surface area contributed by atoms with Gasteiger partial charge in [0.2, 0.25) is 0 Å². The molecule has 4 nitrogen and oxygen atoms in total. The number of hydrogen-bond acceptors (Lipinski definition) is 3. The van der Waals surface area contributed by atoms with E-state index in [9.17, 15) is 14.7 Å². The number of aliphatic carboxylic acids is 1. The Labute approximate surface area is 123 Å². The van der Waals surface area contributed by atoms with Crippen LogP contribution in [0.15, 0.2) is 24.3 Å². The molecule has 0 radical (unpaired) electrons. The number of benzene rings is 1. The third-order valence-electron chi connectivity index (χ3n) is 1.51. The third-order valence-corrected chi connectivity index (χ3v) is 2.45. The molecule has 0 fully saturated rings. The van der Waals surface area contributed by atoms with Gasteiger partial charge in [0, 0.05) is 3.57 Å². The van der Waals surface area contributed by atoms with Crippen LogP contribution in [0.4, 0.5) is 0 Å². The molecule has 0 aliphatic heterocycles. The summed E-state index contributed by atoms with van der Waals surface area (Å²) in [6.07, 6.45) is 0. The van der Waals surface area contributed by atoms with E-state index in [0.717, 1.165) is 3.57 Å². The van der Waals surface area contributed by atoms with Crippen molar-refractivity contribution in [2.24, 2.45) is 0 Å². The average Bonchev–Trinajstić information content (AvgIpc) is 2.15. The Kier molecular flexibility index (Phi) is 7.16. The van der Waals surface area contributed by atoms with E-state index >= 15 is 0 Å². The number of carboxylic acids is 1. The number of carboxylic acid groups (broad SMARTS) is 1. The molecular formula is C9H7INNaO3. The molecule has 0 unspecified atom stereocenters. The van der Waals surface area contributed by atoms with Crippen molar-refractivity contribution in [3.05, 3.63) is 33.4 Å². The second kappa shape index (κ2) is 7.21. The fourth-order valence-electron chi connectivity index (χ4n) is 0.893. The maximum absolute atomic E-state index is 11.4. The van der Waals surface area contributed by atoms with Crippen molar-refractivity contribution in [3.8, 4) is 0 Å². The predicted molar refractivity (Wildman–Crippen MR) is 56.5 cm³/mol. The van der Waals surface area contributed by atoms with Crippen molar-refractivity contribution in [3.63, 3.8) is 0 Å². The van der Waals surface area contributed by atoms with Gasteiger partial charge in [-0.25, -0.2) is 0 Å². The minimum absolute atomic E-state index is 0. The molecule has 74 valence electrons. The van der Waals surface area contributed by atoms with Gasteiger partial charge in [-0.15, -0.1) is 0 Å². The fraction of sp³-hybridized carbons (Fsp3) is 0.111. The Morgan fingerprint density at radius 3 is 2.47 bits per heavy atom. The summed E-state index contributed by atoms with van der Waals surface area (Å²) >= 11 is 2.01. The molecular weight excluding hydrogens is 318 g/mol. The van der Waals surface area contributed by atoms with Gasteiger partial charge >= 0.3 is 29.6 Å². The quantitative estimate of drug-likeness (QED) is 0.470. The monoisotopic (exact) mass is 325 g/mol. The van der Waals surface area contributed by atoms with Crippen LogP contribution in [0, 0.1) is 3.57 Å². The van der Waals surface area contributed by atoms with Crippen molar-refractivity contribution >= 4 is 34.5 Å². The van der Waals surface area contributed by atoms with Gasteiger partial charge in [-0.2, -0.15) is 0 Å². The fourth-order valence-corrected chi connectivity index (χ4v) is 1.53. The van der Waals surface area contributed by atoms with Crippen molar-refractivity contribution < 1.29 is 44.3 Å². The summed E-state index contributed by atoms with van der Waals surface area (Å²) in [6, 6.07) is 6.92. The van der Waals surface area contributed by atoms with Gasteiger partial charge in [0.05, 0.1) is 18.1 Å². The van der Waals surface area contributed by atoms with Crippen LogP contribution >= 0.6 is 22.6 Å². The van der Waals surface area contributed by atoms with Crippen LogP contribution in [0.2, 0.25) is 0 Å². The molecule has 1 rings (SSSR count). The van der Waals surface area contributed by atoms with Crippen LogP contribution in [0.25, 0.3) is 0 Å². The molecule has 0 heterocycles. The zero-order chi connectivity index (χ0) is 10.6. The number of amides is 1. The zero-order valence-electron chi connectivity index (χ0n) is 8.12. The van der Waals surface area contributed by atoms with E-state index < -0.39 is 18.4 Å². The summed E-state index contributed by atoms with van der Waals surface area (Å²) in [5.41, 5.74) is 0.467. The normalized spacial score (nSPS) is 8.87. The Morgan fingerprint density at radius 1 is 1.33 bits per heavy atom. The minimum atomic E-state index is -1.30. The molecule has 0 aliphatic carbocycles. The summed E-state index contributed by atoms with van der Waals surface area (Å²) in [5.74, 6) is -1.71. The Bertz CT molecular complexity index is 370. The minimum Gasteiger partial charge on any atom is -0.548 e. The van der Waals surface area contributed by atoms with E-state index in [4.69, 9.17) is 0 Å². The molecule has 1 amide bonds. The maximum Gasteiger partial charge on any atom is 1.00 e. The van der Waals surface area contributed by atoms with Crippen molar-refractivity contribution in [1.29, 1.82) is 0 Å². The Hall–Kier alpha value is -0.110. The SMILES string of the molecule is O=C([O-])CNC(=O)c1ccccc1[125I].[Na+]. The third kappa shape index (κ3) is 4.96. The molecule has 1 aromatic carbocycles. The second-order valence-electron chi connectivity index (χ2n) is 2.53. The summed E-state index contributed by atoms with van der Waals surface area (Å²) in [4.78, 5) is 21.5. The molecule has 0 aliphatic rings. The van der Waals surface area contributed by atoms with Crippen LogP contribution in [-0.2, 0) is 4.79 Å². The zero-order valence-corrected chi connectivity index (χ0v) is 12.3. The smallest absolute Gasteiger partial charge is 0.548 e. The second-order valence-corrected chi connectivity index (χ2v) is 3.70. The van der Waals surface area contributed by atoms with E-state index in [1.807, 2.05) is 22.6 Å². The predicted octanol–water partition coefficient (Wildman–Crippen LogP) is -3.23. The van der Waals surface area contributed by atoms with Crippen LogP contribution < -0.4 is 40.0 Å². The Balaban J connectivity index is 0.00000196. The number of halogens is 1. The molecule has 1 aromatic rings. The van der Waals surface area contributed by atoms with Crippen LogP contribution in [0.3, 0.4) is 0 Å². The molecule has 1 N–H and O–H groups in total. The van der Waals surface area contributed by atoms with Crippen molar-refractivity contribution in [1.82, 2.24) is 5.32 Å². The van der Waals surface area contributed by atoms with Gasteiger partial charge in [-0.3, -0.25) is 4.79 Å². The van der Waals surface area contributed by atoms with Gasteiger partial charge in [-0.05, 0) is 34.7 Å². The molecule has 15 heavy (non-hydrogen) atoms. The average molecular weight is 325 g/mol. The molecule has 0 atom stereocenters. The molecule has 0 saturated heterocycles. The van der Waals surface area contributed by atoms with Gasteiger partial charge in [-0.1, -0.05) is 12.1 Å². The first kappa shape index (κ1) is 14.9. The van der Waals surface area contributed by atoms with Gasteiger partial charge in [0.15, 0.2) is 0 Å². The van der Waals surface area contributed by atoms with Gasteiger partial charge in [0.25, 0.3) is 5.91 Å². The van der Waals surface area contributed by atoms with Crippen LogP contribution in [0.5, 0.6) is 0 Å². The largest absolute Gasteiger partial charge is 1.00 e. The topological polar surface area (TPSA) is 69.2 Å². The maximum atomic E-state index is 11.4. The van der Waals surface area contributed by atoms with Crippen LogP contribution in [0.1, 0.15) is 10.4 Å². The summed E-state index contributed by atoms with van der Waals surface area (Å²) in [6.45, 7) is -0.468.